The normalized spacial score (nSPS) is 25.9. The molecule has 4 rings (SSSR count). The summed E-state index contributed by atoms with van der Waals surface area (Å²) in [4.78, 5) is 16.3. The van der Waals surface area contributed by atoms with E-state index in [2.05, 4.69) is 42.7 Å². The minimum Gasteiger partial charge on any atom is -0.444 e. The molecule has 2 aliphatic heterocycles. The molecule has 1 amide bonds. The predicted octanol–water partition coefficient (Wildman–Crippen LogP) is 5.63. The number of ether oxygens (including phenoxy) is 3. The number of rotatable bonds is 7. The van der Waals surface area contributed by atoms with Crippen molar-refractivity contribution in [3.8, 4) is 0 Å². The molecule has 2 atom stereocenters. The Labute approximate surface area is 223 Å². The van der Waals surface area contributed by atoms with Crippen molar-refractivity contribution in [3.63, 3.8) is 0 Å². The summed E-state index contributed by atoms with van der Waals surface area (Å²) >= 11 is 0. The minimum absolute atomic E-state index is 0.0180. The van der Waals surface area contributed by atoms with Crippen LogP contribution in [0.1, 0.15) is 97.0 Å². The van der Waals surface area contributed by atoms with E-state index in [-0.39, 0.29) is 23.3 Å². The van der Waals surface area contributed by atoms with Crippen LogP contribution in [0, 0.1) is 5.41 Å². The van der Waals surface area contributed by atoms with Crippen molar-refractivity contribution in [2.24, 2.45) is 5.41 Å². The highest BCUT2D eigenvalue weighted by Crippen LogP contribution is 2.49. The van der Waals surface area contributed by atoms with Crippen molar-refractivity contribution in [1.82, 2.24) is 19.6 Å². The van der Waals surface area contributed by atoms with Crippen molar-refractivity contribution < 1.29 is 19.0 Å². The molecule has 1 aromatic rings. The average molecular weight is 517 g/mol. The molecular weight excluding hydrogens is 468 g/mol. The van der Waals surface area contributed by atoms with E-state index in [0.717, 1.165) is 70.5 Å². The Hall–Kier alpha value is -1.90. The number of hydrogen-bond acceptors (Lipinski definition) is 6. The van der Waals surface area contributed by atoms with E-state index in [1.165, 1.54) is 17.6 Å². The van der Waals surface area contributed by atoms with E-state index < -0.39 is 5.60 Å². The third kappa shape index (κ3) is 7.36. The molecule has 2 fully saturated rings. The topological polar surface area (TPSA) is 69.1 Å². The highest BCUT2D eigenvalue weighted by Gasteiger charge is 2.45. The summed E-state index contributed by atoms with van der Waals surface area (Å²) < 4.78 is 19.7. The maximum atomic E-state index is 12.4. The highest BCUT2D eigenvalue weighted by molar-refractivity contribution is 5.67. The van der Waals surface area contributed by atoms with Crippen LogP contribution in [0.5, 0.6) is 0 Å². The molecule has 0 bridgehead atoms. The van der Waals surface area contributed by atoms with Gasteiger partial charge in [0.05, 0.1) is 17.9 Å². The van der Waals surface area contributed by atoms with Crippen LogP contribution in [0.2, 0.25) is 0 Å². The Morgan fingerprint density at radius 1 is 1.24 bits per heavy atom. The van der Waals surface area contributed by atoms with Gasteiger partial charge in [0.25, 0.3) is 0 Å². The Bertz CT molecular complexity index is 973. The van der Waals surface area contributed by atoms with Gasteiger partial charge in [-0.2, -0.15) is 5.10 Å². The monoisotopic (exact) mass is 516 g/mol. The number of likely N-dealkylation sites (N-methyl/N-ethyl adjacent to an activating group) is 2. The molecule has 0 aromatic carbocycles. The summed E-state index contributed by atoms with van der Waals surface area (Å²) in [6, 6.07) is 0. The van der Waals surface area contributed by atoms with Gasteiger partial charge in [-0.05, 0) is 92.2 Å². The first-order valence-corrected chi connectivity index (χ1v) is 14.0. The SMILES string of the molecule is CN(CCN(C)C(=O)OC(C)(C)C)Cc1cn(C2CCCCO2)nc1C1=CCC2(CC1)COC(C)(C)C2. The van der Waals surface area contributed by atoms with Crippen LogP contribution < -0.4 is 0 Å². The lowest BCUT2D eigenvalue weighted by atomic mass is 9.71. The van der Waals surface area contributed by atoms with Gasteiger partial charge in [-0.15, -0.1) is 0 Å². The van der Waals surface area contributed by atoms with E-state index in [4.69, 9.17) is 19.3 Å². The van der Waals surface area contributed by atoms with Crippen LogP contribution in [0.25, 0.3) is 5.57 Å². The van der Waals surface area contributed by atoms with Gasteiger partial charge in [-0.1, -0.05) is 6.08 Å². The molecule has 1 aliphatic carbocycles. The van der Waals surface area contributed by atoms with Gasteiger partial charge in [0.1, 0.15) is 11.8 Å². The zero-order chi connectivity index (χ0) is 26.8. The molecule has 2 unspecified atom stereocenters. The summed E-state index contributed by atoms with van der Waals surface area (Å²) in [6.45, 7) is 13.9. The standard InChI is InChI=1S/C29H48N4O4/c1-27(2,3)37-26(34)32(7)16-15-31(6)18-23-19-33(24-10-8-9-17-35-24)30-25(23)22-11-13-29(14-12-22)20-28(4,5)36-21-29/h11,19,24H,8-10,12-18,20-21H2,1-7H3. The number of aromatic nitrogens is 2. The third-order valence-electron chi connectivity index (χ3n) is 7.80. The van der Waals surface area contributed by atoms with Gasteiger partial charge in [0.2, 0.25) is 0 Å². The first-order chi connectivity index (χ1) is 17.3. The van der Waals surface area contributed by atoms with Crippen LogP contribution >= 0.6 is 0 Å². The van der Waals surface area contributed by atoms with Gasteiger partial charge >= 0.3 is 6.09 Å². The molecule has 0 radical (unpaired) electrons. The van der Waals surface area contributed by atoms with Crippen LogP contribution in [0.4, 0.5) is 4.79 Å². The third-order valence-corrected chi connectivity index (χ3v) is 7.80. The summed E-state index contributed by atoms with van der Waals surface area (Å²) in [6.07, 6.45) is 12.0. The van der Waals surface area contributed by atoms with Gasteiger partial charge in [0, 0.05) is 50.5 Å². The summed E-state index contributed by atoms with van der Waals surface area (Å²) in [5.41, 5.74) is 3.43. The minimum atomic E-state index is -0.491. The lowest BCUT2D eigenvalue weighted by molar-refractivity contribution is -0.0396. The smallest absolute Gasteiger partial charge is 0.410 e. The van der Waals surface area contributed by atoms with Crippen molar-refractivity contribution in [2.45, 2.75) is 104 Å². The summed E-state index contributed by atoms with van der Waals surface area (Å²) in [5.74, 6) is 0. The van der Waals surface area contributed by atoms with Crippen LogP contribution in [-0.4, -0.2) is 77.3 Å². The number of amides is 1. The fourth-order valence-electron chi connectivity index (χ4n) is 5.82. The lowest BCUT2D eigenvalue weighted by Gasteiger charge is -2.32. The van der Waals surface area contributed by atoms with Crippen molar-refractivity contribution in [1.29, 1.82) is 0 Å². The molecule has 1 aromatic heterocycles. The van der Waals surface area contributed by atoms with E-state index in [9.17, 15) is 4.79 Å². The van der Waals surface area contributed by atoms with E-state index in [1.807, 2.05) is 20.8 Å². The molecule has 2 saturated heterocycles. The average Bonchev–Trinajstić information content (AvgIpc) is 3.38. The number of nitrogens with zero attached hydrogens (tertiary/aromatic N) is 4. The molecule has 8 nitrogen and oxygen atoms in total. The van der Waals surface area contributed by atoms with Crippen molar-refractivity contribution in [3.05, 3.63) is 23.5 Å². The first-order valence-electron chi connectivity index (χ1n) is 14.0. The number of carbonyl (C=O) groups excluding carboxylic acids is 1. The molecule has 0 N–H and O–H groups in total. The second-order valence-electron chi connectivity index (χ2n) is 13.1. The first kappa shape index (κ1) is 28.1. The van der Waals surface area contributed by atoms with Crippen LogP contribution in [-0.2, 0) is 20.8 Å². The maximum absolute atomic E-state index is 12.4. The van der Waals surface area contributed by atoms with Crippen molar-refractivity contribution in [2.75, 3.05) is 40.4 Å². The Kier molecular flexibility index (Phi) is 8.41. The van der Waals surface area contributed by atoms with E-state index in [1.54, 1.807) is 11.9 Å². The molecule has 37 heavy (non-hydrogen) atoms. The molecular formula is C29H48N4O4. The Morgan fingerprint density at radius 2 is 2.03 bits per heavy atom. The molecule has 3 aliphatic rings. The van der Waals surface area contributed by atoms with Gasteiger partial charge in [0.15, 0.2) is 0 Å². The highest BCUT2D eigenvalue weighted by atomic mass is 16.6. The lowest BCUT2D eigenvalue weighted by Crippen LogP contribution is -2.38. The van der Waals surface area contributed by atoms with Gasteiger partial charge in [-0.3, -0.25) is 0 Å². The Morgan fingerprint density at radius 3 is 2.62 bits per heavy atom. The molecule has 3 heterocycles. The second kappa shape index (κ2) is 11.1. The largest absolute Gasteiger partial charge is 0.444 e. The Balaban J connectivity index is 1.45. The zero-order valence-corrected chi connectivity index (χ0v) is 24.1. The number of carbonyl (C=O) groups is 1. The molecule has 8 heteroatoms. The fraction of sp³-hybridized carbons (Fsp3) is 0.793. The summed E-state index contributed by atoms with van der Waals surface area (Å²) in [5, 5.41) is 5.10. The fourth-order valence-corrected chi connectivity index (χ4v) is 5.82. The summed E-state index contributed by atoms with van der Waals surface area (Å²) in [7, 11) is 3.89. The quantitative estimate of drug-likeness (QED) is 0.468. The number of hydrogen-bond donors (Lipinski definition) is 0. The maximum Gasteiger partial charge on any atom is 0.410 e. The zero-order valence-electron chi connectivity index (χ0n) is 24.1. The van der Waals surface area contributed by atoms with Gasteiger partial charge in [-0.25, -0.2) is 9.48 Å². The molecule has 0 saturated carbocycles. The number of allylic oxidation sites excluding steroid dienone is 2. The second-order valence-corrected chi connectivity index (χ2v) is 13.1. The predicted molar refractivity (Wildman–Crippen MR) is 145 cm³/mol. The van der Waals surface area contributed by atoms with Crippen LogP contribution in [0.15, 0.2) is 12.3 Å². The van der Waals surface area contributed by atoms with Crippen molar-refractivity contribution >= 4 is 11.7 Å². The molecule has 208 valence electrons. The van der Waals surface area contributed by atoms with E-state index in [0.29, 0.717) is 6.54 Å². The van der Waals surface area contributed by atoms with E-state index >= 15 is 0 Å². The van der Waals surface area contributed by atoms with Gasteiger partial charge < -0.3 is 24.0 Å². The van der Waals surface area contributed by atoms with Crippen LogP contribution in [0.3, 0.4) is 0 Å². The molecule has 1 spiro atoms.